The van der Waals surface area contributed by atoms with Crippen molar-refractivity contribution in [2.75, 3.05) is 11.9 Å². The van der Waals surface area contributed by atoms with Crippen molar-refractivity contribution in [3.63, 3.8) is 0 Å². The van der Waals surface area contributed by atoms with Gasteiger partial charge in [0, 0.05) is 5.69 Å². The second kappa shape index (κ2) is 8.67. The lowest BCUT2D eigenvalue weighted by Gasteiger charge is -2.65. The molecule has 0 saturated heterocycles. The minimum absolute atomic E-state index is 0.162. The van der Waals surface area contributed by atoms with Gasteiger partial charge in [0.05, 0.1) is 11.7 Å². The minimum Gasteiger partial charge on any atom is -0.490 e. The van der Waals surface area contributed by atoms with E-state index in [4.69, 9.17) is 4.74 Å². The summed E-state index contributed by atoms with van der Waals surface area (Å²) in [5.74, 6) is 0.612. The van der Waals surface area contributed by atoms with Gasteiger partial charge in [0.25, 0.3) is 5.91 Å². The summed E-state index contributed by atoms with van der Waals surface area (Å²) in [6, 6.07) is 12.7. The maximum Gasteiger partial charge on any atom is 0.259 e. The van der Waals surface area contributed by atoms with Gasteiger partial charge in [0.1, 0.15) is 18.2 Å². The Morgan fingerprint density at radius 3 is 2.41 bits per heavy atom. The molecule has 4 nitrogen and oxygen atoms in total. The molecule has 2 N–H and O–H groups in total. The summed E-state index contributed by atoms with van der Waals surface area (Å²) >= 11 is 0. The third-order valence-corrected chi connectivity index (χ3v) is 8.41. The van der Waals surface area contributed by atoms with Crippen LogP contribution in [0.25, 0.3) is 0 Å². The highest BCUT2D eigenvalue weighted by atomic mass is 19.1. The molecule has 0 radical (unpaired) electrons. The molecule has 182 valence electrons. The lowest BCUT2D eigenvalue weighted by atomic mass is 9.39. The first-order chi connectivity index (χ1) is 16.1. The van der Waals surface area contributed by atoms with Crippen molar-refractivity contribution < 1.29 is 19.0 Å². The van der Waals surface area contributed by atoms with Crippen LogP contribution < -0.4 is 10.1 Å². The van der Waals surface area contributed by atoms with Crippen molar-refractivity contribution >= 4 is 11.6 Å². The molecule has 2 aromatic rings. The van der Waals surface area contributed by atoms with Crippen LogP contribution in [0.2, 0.25) is 0 Å². The zero-order valence-corrected chi connectivity index (χ0v) is 20.3. The molecule has 4 bridgehead atoms. The van der Waals surface area contributed by atoms with Gasteiger partial charge in [-0.1, -0.05) is 26.0 Å². The van der Waals surface area contributed by atoms with E-state index in [1.54, 1.807) is 18.2 Å². The first kappa shape index (κ1) is 23.3. The van der Waals surface area contributed by atoms with Crippen LogP contribution in [0.4, 0.5) is 10.1 Å². The molecule has 4 aliphatic rings. The Morgan fingerprint density at radius 2 is 1.74 bits per heavy atom. The zero-order valence-electron chi connectivity index (χ0n) is 20.3. The summed E-state index contributed by atoms with van der Waals surface area (Å²) < 4.78 is 19.1. The van der Waals surface area contributed by atoms with Gasteiger partial charge in [0.15, 0.2) is 0 Å². The fraction of sp³-hybridized carbons (Fsp3) is 0.552. The number of para-hydroxylation sites is 1. The van der Waals surface area contributed by atoms with Crippen LogP contribution in [0.3, 0.4) is 0 Å². The Morgan fingerprint density at radius 1 is 1.06 bits per heavy atom. The molecule has 4 fully saturated rings. The van der Waals surface area contributed by atoms with Gasteiger partial charge in [0.2, 0.25) is 0 Å². The molecular formula is C29H36FNO3. The average molecular weight is 466 g/mol. The second-order valence-corrected chi connectivity index (χ2v) is 12.1. The molecule has 4 aliphatic carbocycles. The number of hydrogen-bond acceptors (Lipinski definition) is 3. The summed E-state index contributed by atoms with van der Waals surface area (Å²) in [5.41, 5.74) is 2.23. The number of nitrogens with one attached hydrogen (secondary N) is 1. The van der Waals surface area contributed by atoms with Crippen LogP contribution >= 0.6 is 0 Å². The van der Waals surface area contributed by atoms with Crippen LogP contribution in [-0.2, 0) is 0 Å². The standard InChI is InChI=1S/C29H36FNO3/c1-27-13-20-14-28(2,17-27)19-29(15-20,18-27)12-11-23(32)16-34-25-6-4-3-5-24(25)26(33)31-22-9-7-21(30)8-10-22/h3-10,20,23,32H,11-19H2,1-2H3,(H,31,33). The van der Waals surface area contributed by atoms with E-state index < -0.39 is 6.10 Å². The quantitative estimate of drug-likeness (QED) is 0.462. The largest absolute Gasteiger partial charge is 0.490 e. The van der Waals surface area contributed by atoms with Crippen molar-refractivity contribution in [3.8, 4) is 5.75 Å². The Kier molecular flexibility index (Phi) is 5.96. The number of aliphatic hydroxyl groups is 1. The minimum atomic E-state index is -0.568. The molecule has 0 aliphatic heterocycles. The van der Waals surface area contributed by atoms with Crippen LogP contribution in [0, 0.1) is 28.0 Å². The fourth-order valence-corrected chi connectivity index (χ4v) is 8.22. The second-order valence-electron chi connectivity index (χ2n) is 12.1. The summed E-state index contributed by atoms with van der Waals surface area (Å²) in [6.45, 7) is 5.13. The molecule has 4 saturated carbocycles. The first-order valence-electron chi connectivity index (χ1n) is 12.6. The smallest absolute Gasteiger partial charge is 0.259 e. The maximum atomic E-state index is 13.1. The molecule has 0 heterocycles. The van der Waals surface area contributed by atoms with Crippen molar-refractivity contribution in [2.24, 2.45) is 22.2 Å². The summed E-state index contributed by atoms with van der Waals surface area (Å²) in [5, 5.41) is 13.5. The van der Waals surface area contributed by atoms with E-state index in [1.807, 2.05) is 6.07 Å². The van der Waals surface area contributed by atoms with Gasteiger partial charge in [-0.15, -0.1) is 0 Å². The zero-order chi connectivity index (χ0) is 24.0. The topological polar surface area (TPSA) is 58.6 Å². The highest BCUT2D eigenvalue weighted by molar-refractivity contribution is 6.06. The van der Waals surface area contributed by atoms with E-state index in [0.29, 0.717) is 33.2 Å². The van der Waals surface area contributed by atoms with E-state index >= 15 is 0 Å². The third-order valence-electron chi connectivity index (χ3n) is 8.41. The third kappa shape index (κ3) is 4.86. The highest BCUT2D eigenvalue weighted by Crippen LogP contribution is 2.70. The Labute approximate surface area is 201 Å². The summed E-state index contributed by atoms with van der Waals surface area (Å²) in [4.78, 5) is 12.8. The molecule has 2 aromatic carbocycles. The SMILES string of the molecule is CC12CC3CC(C)(C1)CC(CCC(O)COc1ccccc1C(=O)Nc1ccc(F)cc1)(C3)C2. The first-order valence-corrected chi connectivity index (χ1v) is 12.6. The predicted octanol–water partition coefficient (Wildman–Crippen LogP) is 6.59. The van der Waals surface area contributed by atoms with Gasteiger partial charge >= 0.3 is 0 Å². The van der Waals surface area contributed by atoms with Crippen LogP contribution in [0.5, 0.6) is 5.75 Å². The number of benzene rings is 2. The maximum absolute atomic E-state index is 13.1. The lowest BCUT2D eigenvalue weighted by molar-refractivity contribution is -0.150. The number of hydrogen-bond donors (Lipinski definition) is 2. The summed E-state index contributed by atoms with van der Waals surface area (Å²) in [7, 11) is 0. The fourth-order valence-electron chi connectivity index (χ4n) is 8.22. The van der Waals surface area contributed by atoms with Crippen molar-refractivity contribution in [2.45, 2.75) is 71.3 Å². The molecule has 3 unspecified atom stereocenters. The molecule has 3 atom stereocenters. The number of carbonyl (C=O) groups is 1. The van der Waals surface area contributed by atoms with E-state index in [2.05, 4.69) is 19.2 Å². The number of halogens is 1. The van der Waals surface area contributed by atoms with Crippen LogP contribution in [-0.4, -0.2) is 23.7 Å². The molecule has 0 spiro atoms. The van der Waals surface area contributed by atoms with Gasteiger partial charge in [-0.3, -0.25) is 4.79 Å². The van der Waals surface area contributed by atoms with Gasteiger partial charge in [-0.05, 0) is 110 Å². The van der Waals surface area contributed by atoms with Crippen molar-refractivity contribution in [1.29, 1.82) is 0 Å². The van der Waals surface area contributed by atoms with Crippen LogP contribution in [0.15, 0.2) is 48.5 Å². The predicted molar refractivity (Wildman–Crippen MR) is 131 cm³/mol. The molecule has 5 heteroatoms. The van der Waals surface area contributed by atoms with E-state index in [-0.39, 0.29) is 18.3 Å². The van der Waals surface area contributed by atoms with Gasteiger partial charge in [-0.2, -0.15) is 0 Å². The van der Waals surface area contributed by atoms with Crippen LogP contribution in [0.1, 0.15) is 75.6 Å². The van der Waals surface area contributed by atoms with Gasteiger partial charge < -0.3 is 15.2 Å². The Hall–Kier alpha value is -2.40. The summed E-state index contributed by atoms with van der Waals surface area (Å²) in [6.07, 6.45) is 9.24. The van der Waals surface area contributed by atoms with Crippen molar-refractivity contribution in [3.05, 3.63) is 59.9 Å². The highest BCUT2D eigenvalue weighted by Gasteiger charge is 2.59. The average Bonchev–Trinajstić information content (AvgIpc) is 2.75. The van der Waals surface area contributed by atoms with Gasteiger partial charge in [-0.25, -0.2) is 4.39 Å². The Bertz CT molecular complexity index is 1030. The number of ether oxygens (including phenoxy) is 1. The molecule has 0 aromatic heterocycles. The Balaban J connectivity index is 1.18. The van der Waals surface area contributed by atoms with Crippen molar-refractivity contribution in [1.82, 2.24) is 0 Å². The number of aliphatic hydroxyl groups excluding tert-OH is 1. The number of carbonyl (C=O) groups excluding carboxylic acids is 1. The molecule has 1 amide bonds. The normalized spacial score (nSPS) is 32.4. The number of anilines is 1. The monoisotopic (exact) mass is 465 g/mol. The van der Waals surface area contributed by atoms with E-state index in [9.17, 15) is 14.3 Å². The molecule has 6 rings (SSSR count). The molecular weight excluding hydrogens is 429 g/mol. The molecule has 34 heavy (non-hydrogen) atoms. The number of amides is 1. The van der Waals surface area contributed by atoms with E-state index in [0.717, 1.165) is 18.8 Å². The lowest BCUT2D eigenvalue weighted by Crippen LogP contribution is -2.55. The number of rotatable bonds is 8. The van der Waals surface area contributed by atoms with E-state index in [1.165, 1.54) is 62.8 Å².